The van der Waals surface area contributed by atoms with E-state index in [9.17, 15) is 24.3 Å². The van der Waals surface area contributed by atoms with Crippen molar-refractivity contribution in [2.45, 2.75) is 51.2 Å². The molecule has 0 unspecified atom stereocenters. The lowest BCUT2D eigenvalue weighted by atomic mass is 9.96. The van der Waals surface area contributed by atoms with Crippen LogP contribution in [0.5, 0.6) is 5.75 Å². The summed E-state index contributed by atoms with van der Waals surface area (Å²) >= 11 is 0. The lowest BCUT2D eigenvalue weighted by Crippen LogP contribution is -2.56. The molecular formula is C36H41N5O5. The number of nitrogens with zero attached hydrogens (tertiary/aromatic N) is 1. The summed E-state index contributed by atoms with van der Waals surface area (Å²) in [7, 11) is 1.47. The molecule has 0 saturated carbocycles. The maximum absolute atomic E-state index is 13.6. The molecule has 0 aromatic heterocycles. The number of rotatable bonds is 13. The summed E-state index contributed by atoms with van der Waals surface area (Å²) in [5.41, 5.74) is 16.0. The van der Waals surface area contributed by atoms with Gasteiger partial charge in [0.1, 0.15) is 17.8 Å². The van der Waals surface area contributed by atoms with Crippen LogP contribution in [-0.4, -0.2) is 65.4 Å². The third-order valence-electron chi connectivity index (χ3n) is 8.03. The number of carbonyl (C=O) groups excluding carboxylic acids is 4. The van der Waals surface area contributed by atoms with Gasteiger partial charge in [-0.05, 0) is 71.0 Å². The van der Waals surface area contributed by atoms with Crippen molar-refractivity contribution in [3.8, 4) is 5.75 Å². The molecule has 10 nitrogen and oxygen atoms in total. The Morgan fingerprint density at radius 1 is 0.761 bits per heavy atom. The molecule has 7 N–H and O–H groups in total. The van der Waals surface area contributed by atoms with Crippen molar-refractivity contribution >= 4 is 34.4 Å². The predicted octanol–water partition coefficient (Wildman–Crippen LogP) is 2.43. The van der Waals surface area contributed by atoms with Crippen molar-refractivity contribution in [2.24, 2.45) is 11.5 Å². The van der Waals surface area contributed by atoms with Crippen LogP contribution in [0.15, 0.2) is 84.9 Å². The number of carbonyl (C=O) groups is 4. The highest BCUT2D eigenvalue weighted by Gasteiger charge is 2.28. The van der Waals surface area contributed by atoms with Crippen LogP contribution in [0.2, 0.25) is 0 Å². The van der Waals surface area contributed by atoms with Crippen LogP contribution in [0.3, 0.4) is 0 Å². The zero-order chi connectivity index (χ0) is 33.4. The topological polar surface area (TPSA) is 168 Å². The Bertz CT molecular complexity index is 1700. The van der Waals surface area contributed by atoms with Crippen LogP contribution in [0.25, 0.3) is 10.8 Å². The van der Waals surface area contributed by atoms with E-state index in [1.54, 1.807) is 12.1 Å². The first kappa shape index (κ1) is 33.7. The highest BCUT2D eigenvalue weighted by Crippen LogP contribution is 2.22. The SMILES string of the molecule is Cc1cc(O)cc(C)c1C[C@H](N)C(=O)N(C)CC(=O)N[C@@H](Cc1ccccc1)C(=O)N[C@H](Cc1ccc2ccccc2c1)C(N)=O. The number of hydrogen-bond acceptors (Lipinski definition) is 6. The maximum atomic E-state index is 13.6. The molecule has 46 heavy (non-hydrogen) atoms. The van der Waals surface area contributed by atoms with E-state index in [4.69, 9.17) is 11.5 Å². The first-order valence-corrected chi connectivity index (χ1v) is 15.1. The van der Waals surface area contributed by atoms with Crippen molar-refractivity contribution in [3.63, 3.8) is 0 Å². The maximum Gasteiger partial charge on any atom is 0.243 e. The lowest BCUT2D eigenvalue weighted by molar-refractivity contribution is -0.137. The van der Waals surface area contributed by atoms with Gasteiger partial charge < -0.3 is 32.1 Å². The zero-order valence-corrected chi connectivity index (χ0v) is 26.3. The van der Waals surface area contributed by atoms with Gasteiger partial charge in [-0.15, -0.1) is 0 Å². The number of fused-ring (bicyclic) bond motifs is 1. The van der Waals surface area contributed by atoms with E-state index in [0.29, 0.717) is 0 Å². The minimum absolute atomic E-state index is 0.136. The second-order valence-electron chi connectivity index (χ2n) is 11.7. The molecule has 4 rings (SSSR count). The monoisotopic (exact) mass is 623 g/mol. The van der Waals surface area contributed by atoms with Crippen molar-refractivity contribution < 1.29 is 24.3 Å². The Hall–Kier alpha value is -5.22. The van der Waals surface area contributed by atoms with Gasteiger partial charge in [-0.3, -0.25) is 19.2 Å². The van der Waals surface area contributed by atoms with Crippen LogP contribution >= 0.6 is 0 Å². The molecule has 4 aromatic carbocycles. The summed E-state index contributed by atoms with van der Waals surface area (Å²) < 4.78 is 0. The average Bonchev–Trinajstić information content (AvgIpc) is 3.01. The van der Waals surface area contributed by atoms with Gasteiger partial charge in [-0.25, -0.2) is 0 Å². The van der Waals surface area contributed by atoms with Crippen LogP contribution in [0.1, 0.15) is 27.8 Å². The molecule has 3 atom stereocenters. The molecule has 0 aliphatic heterocycles. The van der Waals surface area contributed by atoms with E-state index in [1.165, 1.54) is 11.9 Å². The standard InChI is InChI=1S/C36H41N5O5/c1-22-15-28(42)16-23(2)29(22)20-30(37)36(46)41(3)21-33(43)39-32(18-24-9-5-4-6-10-24)35(45)40-31(34(38)44)19-25-13-14-26-11-7-8-12-27(26)17-25/h4-17,30-32,42H,18-21,37H2,1-3H3,(H2,38,44)(H,39,43)(H,40,45)/t30-,31+,32-/m0/s1. The summed E-state index contributed by atoms with van der Waals surface area (Å²) in [5.74, 6) is -2.16. The second-order valence-corrected chi connectivity index (χ2v) is 11.7. The van der Waals surface area contributed by atoms with E-state index >= 15 is 0 Å². The Morgan fingerprint density at radius 2 is 1.37 bits per heavy atom. The van der Waals surface area contributed by atoms with Crippen LogP contribution in [0, 0.1) is 13.8 Å². The zero-order valence-electron chi connectivity index (χ0n) is 26.3. The first-order valence-electron chi connectivity index (χ1n) is 15.1. The number of likely N-dealkylation sites (N-methyl/N-ethyl adjacent to an activating group) is 1. The van der Waals surface area contributed by atoms with E-state index in [0.717, 1.165) is 38.6 Å². The minimum Gasteiger partial charge on any atom is -0.508 e. The van der Waals surface area contributed by atoms with Gasteiger partial charge in [-0.1, -0.05) is 72.8 Å². The first-order chi connectivity index (χ1) is 21.9. The summed E-state index contributed by atoms with van der Waals surface area (Å²) in [6.45, 7) is 3.33. The Balaban J connectivity index is 1.43. The number of benzene rings is 4. The summed E-state index contributed by atoms with van der Waals surface area (Å²) in [5, 5.41) is 17.3. The van der Waals surface area contributed by atoms with Crippen molar-refractivity contribution in [2.75, 3.05) is 13.6 Å². The molecule has 0 radical (unpaired) electrons. The van der Waals surface area contributed by atoms with Gasteiger partial charge in [-0.2, -0.15) is 0 Å². The number of nitrogens with two attached hydrogens (primary N) is 2. The van der Waals surface area contributed by atoms with E-state index in [2.05, 4.69) is 10.6 Å². The van der Waals surface area contributed by atoms with Gasteiger partial charge in [0.05, 0.1) is 12.6 Å². The van der Waals surface area contributed by atoms with Crippen LogP contribution in [-0.2, 0) is 38.4 Å². The van der Waals surface area contributed by atoms with Crippen LogP contribution in [0.4, 0.5) is 0 Å². The molecule has 0 aliphatic carbocycles. The summed E-state index contributed by atoms with van der Waals surface area (Å²) in [6, 6.07) is 23.0. The molecule has 0 spiro atoms. The Kier molecular flexibility index (Phi) is 11.1. The fraction of sp³-hybridized carbons (Fsp3) is 0.278. The van der Waals surface area contributed by atoms with Gasteiger partial charge in [0.25, 0.3) is 0 Å². The third kappa shape index (κ3) is 8.92. The molecule has 0 aliphatic rings. The molecule has 0 saturated heterocycles. The number of hydrogen-bond donors (Lipinski definition) is 5. The smallest absolute Gasteiger partial charge is 0.243 e. The van der Waals surface area contributed by atoms with Crippen molar-refractivity contribution in [3.05, 3.63) is 113 Å². The fourth-order valence-corrected chi connectivity index (χ4v) is 5.57. The van der Waals surface area contributed by atoms with Gasteiger partial charge in [0, 0.05) is 19.9 Å². The van der Waals surface area contributed by atoms with Gasteiger partial charge in [0.2, 0.25) is 23.6 Å². The molecule has 4 aromatic rings. The number of aryl methyl sites for hydroxylation is 2. The fourth-order valence-electron chi connectivity index (χ4n) is 5.57. The van der Waals surface area contributed by atoms with E-state index in [-0.39, 0.29) is 31.6 Å². The molecule has 10 heteroatoms. The third-order valence-corrected chi connectivity index (χ3v) is 8.03. The number of nitrogens with one attached hydrogen (secondary N) is 2. The largest absolute Gasteiger partial charge is 0.508 e. The molecule has 4 amide bonds. The highest BCUT2D eigenvalue weighted by molar-refractivity contribution is 5.93. The average molecular weight is 624 g/mol. The summed E-state index contributed by atoms with van der Waals surface area (Å²) in [4.78, 5) is 53.5. The van der Waals surface area contributed by atoms with Gasteiger partial charge in [0.15, 0.2) is 0 Å². The number of phenolic OH excluding ortho intramolecular Hbond substituents is 1. The number of aromatic hydroxyl groups is 1. The van der Waals surface area contributed by atoms with E-state index in [1.807, 2.05) is 86.6 Å². The molecule has 0 heterocycles. The van der Waals surface area contributed by atoms with Crippen LogP contribution < -0.4 is 22.1 Å². The number of primary amides is 1. The Labute approximate surface area is 268 Å². The quantitative estimate of drug-likeness (QED) is 0.153. The van der Waals surface area contributed by atoms with Crippen molar-refractivity contribution in [1.29, 1.82) is 0 Å². The number of phenols is 1. The van der Waals surface area contributed by atoms with Gasteiger partial charge >= 0.3 is 0 Å². The van der Waals surface area contributed by atoms with E-state index < -0.39 is 41.8 Å². The Morgan fingerprint density at radius 3 is 2.02 bits per heavy atom. The highest BCUT2D eigenvalue weighted by atomic mass is 16.3. The number of amides is 4. The predicted molar refractivity (Wildman–Crippen MR) is 178 cm³/mol. The lowest BCUT2D eigenvalue weighted by Gasteiger charge is -2.25. The summed E-state index contributed by atoms with van der Waals surface area (Å²) in [6.07, 6.45) is 0.553. The normalized spacial score (nSPS) is 13.0. The molecular weight excluding hydrogens is 582 g/mol. The second kappa shape index (κ2) is 15.2. The molecule has 0 fully saturated rings. The molecule has 240 valence electrons. The minimum atomic E-state index is -1.05. The van der Waals surface area contributed by atoms with Crippen molar-refractivity contribution in [1.82, 2.24) is 15.5 Å². The molecule has 0 bridgehead atoms.